The molecule has 0 saturated carbocycles. The van der Waals surface area contributed by atoms with Crippen molar-refractivity contribution in [2.75, 3.05) is 6.54 Å². The van der Waals surface area contributed by atoms with Gasteiger partial charge in [0.25, 0.3) is 5.91 Å². The Bertz CT molecular complexity index is 926. The molecule has 0 spiro atoms. The predicted molar refractivity (Wildman–Crippen MR) is 103 cm³/mol. The first kappa shape index (κ1) is 18.1. The second-order valence-corrected chi connectivity index (χ2v) is 8.58. The average Bonchev–Trinajstić information content (AvgIpc) is 3.17. The standard InChI is InChI=1S/C21H23ClN2O3/c1-21(2,3)27-20(26)14-5-4-13-6-7-17(15(13)12-14)24-11-10-23-9-8-16(22)18(23)19(24)25/h4-5,8-9,12,17H,6-7,10-11H2,1-3H3. The fourth-order valence-corrected chi connectivity index (χ4v) is 4.22. The molecule has 1 aromatic carbocycles. The summed E-state index contributed by atoms with van der Waals surface area (Å²) < 4.78 is 7.41. The van der Waals surface area contributed by atoms with Gasteiger partial charge in [-0.3, -0.25) is 4.79 Å². The number of rotatable bonds is 2. The number of nitrogens with zero attached hydrogens (tertiary/aromatic N) is 2. The van der Waals surface area contributed by atoms with Crippen molar-refractivity contribution >= 4 is 23.5 Å². The monoisotopic (exact) mass is 386 g/mol. The van der Waals surface area contributed by atoms with Crippen molar-refractivity contribution in [1.82, 2.24) is 9.47 Å². The van der Waals surface area contributed by atoms with Crippen LogP contribution < -0.4 is 0 Å². The molecule has 0 radical (unpaired) electrons. The van der Waals surface area contributed by atoms with E-state index < -0.39 is 5.60 Å². The molecule has 27 heavy (non-hydrogen) atoms. The van der Waals surface area contributed by atoms with Crippen LogP contribution in [-0.4, -0.2) is 33.5 Å². The average molecular weight is 387 g/mol. The van der Waals surface area contributed by atoms with Gasteiger partial charge in [-0.05, 0) is 62.9 Å². The van der Waals surface area contributed by atoms with Gasteiger partial charge >= 0.3 is 5.97 Å². The van der Waals surface area contributed by atoms with E-state index in [0.717, 1.165) is 24.9 Å². The molecule has 2 aliphatic rings. The molecule has 0 saturated heterocycles. The van der Waals surface area contributed by atoms with Gasteiger partial charge < -0.3 is 14.2 Å². The van der Waals surface area contributed by atoms with Crippen molar-refractivity contribution in [1.29, 1.82) is 0 Å². The maximum Gasteiger partial charge on any atom is 0.338 e. The Balaban J connectivity index is 1.64. The zero-order valence-corrected chi connectivity index (χ0v) is 16.5. The third-order valence-corrected chi connectivity index (χ3v) is 5.47. The normalized spacial score (nSPS) is 19.0. The summed E-state index contributed by atoms with van der Waals surface area (Å²) in [6.45, 7) is 6.92. The minimum absolute atomic E-state index is 0.0328. The molecule has 1 amide bonds. The van der Waals surface area contributed by atoms with Crippen LogP contribution in [0.3, 0.4) is 0 Å². The Morgan fingerprint density at radius 3 is 2.74 bits per heavy atom. The number of hydrogen-bond donors (Lipinski definition) is 0. The van der Waals surface area contributed by atoms with Gasteiger partial charge in [-0.15, -0.1) is 0 Å². The largest absolute Gasteiger partial charge is 0.456 e. The molecule has 1 unspecified atom stereocenters. The number of halogens is 1. The van der Waals surface area contributed by atoms with Crippen molar-refractivity contribution in [3.63, 3.8) is 0 Å². The second kappa shape index (κ2) is 6.41. The number of aromatic nitrogens is 1. The van der Waals surface area contributed by atoms with Crippen molar-refractivity contribution in [3.8, 4) is 0 Å². The Hall–Kier alpha value is -2.27. The zero-order valence-electron chi connectivity index (χ0n) is 15.8. The lowest BCUT2D eigenvalue weighted by Crippen LogP contribution is -2.41. The van der Waals surface area contributed by atoms with Crippen molar-refractivity contribution in [2.45, 2.75) is 51.8 Å². The van der Waals surface area contributed by atoms with E-state index in [4.69, 9.17) is 16.3 Å². The van der Waals surface area contributed by atoms with E-state index in [1.165, 1.54) is 5.56 Å². The van der Waals surface area contributed by atoms with Crippen LogP contribution in [0, 0.1) is 0 Å². The van der Waals surface area contributed by atoms with Crippen molar-refractivity contribution in [3.05, 3.63) is 57.9 Å². The van der Waals surface area contributed by atoms with Crippen LogP contribution in [0.5, 0.6) is 0 Å². The number of benzene rings is 1. The lowest BCUT2D eigenvalue weighted by molar-refractivity contribution is 0.00693. The number of fused-ring (bicyclic) bond motifs is 2. The van der Waals surface area contributed by atoms with Gasteiger partial charge in [0, 0.05) is 19.3 Å². The summed E-state index contributed by atoms with van der Waals surface area (Å²) in [5.41, 5.74) is 2.77. The molecule has 1 aliphatic carbocycles. The van der Waals surface area contributed by atoms with E-state index in [9.17, 15) is 9.59 Å². The predicted octanol–water partition coefficient (Wildman–Crippen LogP) is 4.24. The third kappa shape index (κ3) is 3.25. The lowest BCUT2D eigenvalue weighted by Gasteiger charge is -2.34. The summed E-state index contributed by atoms with van der Waals surface area (Å²) in [5.74, 6) is -0.380. The van der Waals surface area contributed by atoms with Gasteiger partial charge in [0.15, 0.2) is 0 Å². The molecule has 6 heteroatoms. The number of aryl methyl sites for hydroxylation is 1. The molecular formula is C21H23ClN2O3. The molecule has 0 fully saturated rings. The summed E-state index contributed by atoms with van der Waals surface area (Å²) in [6.07, 6.45) is 3.61. The number of esters is 1. The highest BCUT2D eigenvalue weighted by Gasteiger charge is 2.36. The highest BCUT2D eigenvalue weighted by atomic mass is 35.5. The Labute approximate surface area is 163 Å². The number of hydrogen-bond acceptors (Lipinski definition) is 3. The fourth-order valence-electron chi connectivity index (χ4n) is 3.98. The quantitative estimate of drug-likeness (QED) is 0.725. The first-order valence-corrected chi connectivity index (χ1v) is 9.64. The first-order valence-electron chi connectivity index (χ1n) is 9.26. The molecule has 0 N–H and O–H groups in total. The minimum atomic E-state index is -0.541. The third-order valence-electron chi connectivity index (χ3n) is 5.16. The molecule has 1 aromatic heterocycles. The van der Waals surface area contributed by atoms with E-state index in [0.29, 0.717) is 22.8 Å². The molecule has 4 rings (SSSR count). The van der Waals surface area contributed by atoms with Gasteiger partial charge in [0.2, 0.25) is 0 Å². The van der Waals surface area contributed by atoms with Crippen molar-refractivity contribution in [2.24, 2.45) is 0 Å². The van der Waals surface area contributed by atoms with Gasteiger partial charge in [0.05, 0.1) is 16.6 Å². The second-order valence-electron chi connectivity index (χ2n) is 8.17. The number of carbonyl (C=O) groups excluding carboxylic acids is 2. The van der Waals surface area contributed by atoms with E-state index >= 15 is 0 Å². The Morgan fingerprint density at radius 1 is 1.22 bits per heavy atom. The van der Waals surface area contributed by atoms with Gasteiger partial charge in [-0.2, -0.15) is 0 Å². The van der Waals surface area contributed by atoms with Crippen LogP contribution >= 0.6 is 11.6 Å². The number of carbonyl (C=O) groups is 2. The molecule has 142 valence electrons. The van der Waals surface area contributed by atoms with E-state index in [1.807, 2.05) is 54.6 Å². The highest BCUT2D eigenvalue weighted by Crippen LogP contribution is 2.39. The van der Waals surface area contributed by atoms with Crippen molar-refractivity contribution < 1.29 is 14.3 Å². The van der Waals surface area contributed by atoms with Crippen LogP contribution in [0.4, 0.5) is 0 Å². The number of ether oxygens (including phenoxy) is 1. The smallest absolute Gasteiger partial charge is 0.338 e. The SMILES string of the molecule is CC(C)(C)OC(=O)c1ccc2c(c1)C(N1CCn3ccc(Cl)c3C1=O)CC2. The Kier molecular flexibility index (Phi) is 4.30. The van der Waals surface area contributed by atoms with E-state index in [1.54, 1.807) is 6.07 Å². The molecule has 0 bridgehead atoms. The number of amides is 1. The summed E-state index contributed by atoms with van der Waals surface area (Å²) in [4.78, 5) is 27.4. The minimum Gasteiger partial charge on any atom is -0.456 e. The van der Waals surface area contributed by atoms with Crippen LogP contribution in [0.1, 0.15) is 65.2 Å². The molecule has 2 aromatic rings. The topological polar surface area (TPSA) is 51.5 Å². The van der Waals surface area contributed by atoms with Gasteiger partial charge in [0.1, 0.15) is 11.3 Å². The summed E-state index contributed by atoms with van der Waals surface area (Å²) in [7, 11) is 0. The maximum absolute atomic E-state index is 13.0. The summed E-state index contributed by atoms with van der Waals surface area (Å²) >= 11 is 6.22. The first-order chi connectivity index (χ1) is 12.7. The van der Waals surface area contributed by atoms with E-state index in [-0.39, 0.29) is 17.9 Å². The Morgan fingerprint density at radius 2 is 2.00 bits per heavy atom. The molecule has 1 aliphatic heterocycles. The highest BCUT2D eigenvalue weighted by molar-refractivity contribution is 6.33. The van der Waals surface area contributed by atoms with Gasteiger partial charge in [-0.25, -0.2) is 4.79 Å². The van der Waals surface area contributed by atoms with E-state index in [2.05, 4.69) is 0 Å². The summed E-state index contributed by atoms with van der Waals surface area (Å²) in [5, 5.41) is 0.491. The van der Waals surface area contributed by atoms with Crippen LogP contribution in [0.15, 0.2) is 30.5 Å². The van der Waals surface area contributed by atoms with Crippen LogP contribution in [0.25, 0.3) is 0 Å². The van der Waals surface area contributed by atoms with Crippen LogP contribution in [-0.2, 0) is 17.7 Å². The maximum atomic E-state index is 13.0. The summed E-state index contributed by atoms with van der Waals surface area (Å²) in [6, 6.07) is 7.42. The lowest BCUT2D eigenvalue weighted by atomic mass is 10.0. The van der Waals surface area contributed by atoms with Gasteiger partial charge in [-0.1, -0.05) is 17.7 Å². The molecule has 1 atom stereocenters. The zero-order chi connectivity index (χ0) is 19.3. The molecule has 2 heterocycles. The molecular weight excluding hydrogens is 364 g/mol. The molecule has 5 nitrogen and oxygen atoms in total. The fraction of sp³-hybridized carbons (Fsp3) is 0.429. The van der Waals surface area contributed by atoms with Crippen LogP contribution in [0.2, 0.25) is 5.02 Å².